The Morgan fingerprint density at radius 3 is 2.60 bits per heavy atom. The maximum absolute atomic E-state index is 11.2. The maximum Gasteiger partial charge on any atom is 0.314 e. The van der Waals surface area contributed by atoms with Crippen LogP contribution in [0.5, 0.6) is 11.5 Å². The largest absolute Gasteiger partial charge is 0.487 e. The van der Waals surface area contributed by atoms with Crippen LogP contribution in [0.2, 0.25) is 0 Å². The van der Waals surface area contributed by atoms with Gasteiger partial charge in [-0.1, -0.05) is 49.1 Å². The molecule has 0 saturated heterocycles. The second kappa shape index (κ2) is 11.3. The van der Waals surface area contributed by atoms with E-state index < -0.39 is 11.0 Å². The highest BCUT2D eigenvalue weighted by molar-refractivity contribution is 5.55. The number of aryl methyl sites for hydroxylation is 1. The molecule has 7 heteroatoms. The molecule has 0 spiro atoms. The molecule has 0 saturated carbocycles. The Labute approximate surface area is 177 Å². The Balaban J connectivity index is 1.87. The molecule has 30 heavy (non-hydrogen) atoms. The average molecular weight is 415 g/mol. The number of rotatable bonds is 13. The molecule has 2 aromatic carbocycles. The molecule has 1 unspecified atom stereocenters. The summed E-state index contributed by atoms with van der Waals surface area (Å²) in [5.74, 6) is 0.249. The number of para-hydroxylation sites is 1. The first-order valence-corrected chi connectivity index (χ1v) is 9.93. The van der Waals surface area contributed by atoms with Crippen molar-refractivity contribution in [2.24, 2.45) is 0 Å². The van der Waals surface area contributed by atoms with Gasteiger partial charge in [-0.3, -0.25) is 10.1 Å². The van der Waals surface area contributed by atoms with E-state index in [4.69, 9.17) is 9.47 Å². The van der Waals surface area contributed by atoms with Crippen molar-refractivity contribution in [3.05, 3.63) is 76.9 Å². The van der Waals surface area contributed by atoms with Crippen molar-refractivity contribution in [3.63, 3.8) is 0 Å². The molecule has 0 radical (unpaired) electrons. The zero-order valence-electron chi connectivity index (χ0n) is 17.5. The molecular weight excluding hydrogens is 384 g/mol. The molecule has 162 valence electrons. The van der Waals surface area contributed by atoms with Gasteiger partial charge in [0.2, 0.25) is 5.75 Å². The third-order valence-corrected chi connectivity index (χ3v) is 4.63. The van der Waals surface area contributed by atoms with E-state index in [2.05, 4.69) is 37.9 Å². The van der Waals surface area contributed by atoms with Crippen molar-refractivity contribution < 1.29 is 19.5 Å². The number of nitrogens with zero attached hydrogens (tertiary/aromatic N) is 1. The van der Waals surface area contributed by atoms with Crippen LogP contribution >= 0.6 is 0 Å². The number of nitro benzene ring substituents is 1. The normalized spacial score (nSPS) is 12.2. The van der Waals surface area contributed by atoms with Gasteiger partial charge < -0.3 is 19.9 Å². The van der Waals surface area contributed by atoms with Gasteiger partial charge in [0.25, 0.3) is 0 Å². The molecule has 2 N–H and O–H groups in total. The number of hydrogen-bond acceptors (Lipinski definition) is 6. The Morgan fingerprint density at radius 1 is 1.20 bits per heavy atom. The summed E-state index contributed by atoms with van der Waals surface area (Å²) >= 11 is 0. The van der Waals surface area contributed by atoms with Gasteiger partial charge in [0.1, 0.15) is 19.3 Å². The first kappa shape index (κ1) is 23.4. The highest BCUT2D eigenvalue weighted by atomic mass is 16.6. The minimum absolute atomic E-state index is 0.0205. The molecule has 7 nitrogen and oxygen atoms in total. The Hall–Kier alpha value is -2.90. The van der Waals surface area contributed by atoms with Gasteiger partial charge in [-0.15, -0.1) is 0 Å². The molecule has 0 heterocycles. The van der Waals surface area contributed by atoms with Crippen LogP contribution in [0, 0.1) is 10.1 Å². The predicted molar refractivity (Wildman–Crippen MR) is 117 cm³/mol. The summed E-state index contributed by atoms with van der Waals surface area (Å²) in [5, 5.41) is 24.9. The number of β-amino-alcohol motifs (C(OH)–C–C–N with tert-alkyl or cyclic N) is 1. The van der Waals surface area contributed by atoms with Gasteiger partial charge in [-0.25, -0.2) is 0 Å². The fraction of sp³-hybridized carbons (Fsp3) is 0.391. The number of aliphatic hydroxyl groups excluding tert-OH is 1. The molecule has 2 rings (SSSR count). The van der Waals surface area contributed by atoms with Crippen LogP contribution in [0.3, 0.4) is 0 Å². The lowest BCUT2D eigenvalue weighted by molar-refractivity contribution is -0.385. The van der Waals surface area contributed by atoms with Crippen LogP contribution in [0.15, 0.2) is 61.2 Å². The van der Waals surface area contributed by atoms with Gasteiger partial charge in [0.05, 0.1) is 4.92 Å². The van der Waals surface area contributed by atoms with Crippen molar-refractivity contribution >= 4 is 5.69 Å². The van der Waals surface area contributed by atoms with Crippen LogP contribution in [-0.2, 0) is 6.42 Å². The van der Waals surface area contributed by atoms with E-state index in [1.807, 2.05) is 18.2 Å². The van der Waals surface area contributed by atoms with Crippen molar-refractivity contribution in [1.29, 1.82) is 0 Å². The molecule has 0 aliphatic rings. The quantitative estimate of drug-likeness (QED) is 0.293. The van der Waals surface area contributed by atoms with Crippen LogP contribution in [-0.4, -0.2) is 41.4 Å². The van der Waals surface area contributed by atoms with E-state index in [0.29, 0.717) is 6.54 Å². The van der Waals surface area contributed by atoms with Gasteiger partial charge in [-0.2, -0.15) is 0 Å². The average Bonchev–Trinajstić information content (AvgIpc) is 2.74. The van der Waals surface area contributed by atoms with E-state index in [1.165, 1.54) is 23.8 Å². The van der Waals surface area contributed by atoms with Crippen molar-refractivity contribution in [2.75, 3.05) is 19.8 Å². The van der Waals surface area contributed by atoms with Crippen molar-refractivity contribution in [1.82, 2.24) is 5.32 Å². The summed E-state index contributed by atoms with van der Waals surface area (Å²) in [4.78, 5) is 10.7. The second-order valence-electron chi connectivity index (χ2n) is 7.68. The SMILES string of the molecule is C=CCOc1c(OCC(O)CNC(C)(C)CCc2ccccc2)cccc1[N+](=O)[O-]. The Morgan fingerprint density at radius 2 is 1.93 bits per heavy atom. The summed E-state index contributed by atoms with van der Waals surface area (Å²) in [6.07, 6.45) is 2.56. The molecule has 0 bridgehead atoms. The molecule has 0 aliphatic heterocycles. The zero-order valence-corrected chi connectivity index (χ0v) is 17.5. The second-order valence-corrected chi connectivity index (χ2v) is 7.68. The van der Waals surface area contributed by atoms with E-state index in [0.717, 1.165) is 12.8 Å². The summed E-state index contributed by atoms with van der Waals surface area (Å²) in [5.41, 5.74) is 0.915. The lowest BCUT2D eigenvalue weighted by Crippen LogP contribution is -2.45. The molecule has 0 aromatic heterocycles. The smallest absolute Gasteiger partial charge is 0.314 e. The monoisotopic (exact) mass is 414 g/mol. The van der Waals surface area contributed by atoms with E-state index in [-0.39, 0.29) is 35.9 Å². The number of nitrogens with one attached hydrogen (secondary N) is 1. The van der Waals surface area contributed by atoms with Crippen LogP contribution < -0.4 is 14.8 Å². The zero-order chi connectivity index (χ0) is 22.0. The highest BCUT2D eigenvalue weighted by Crippen LogP contribution is 2.36. The first-order chi connectivity index (χ1) is 14.3. The van der Waals surface area contributed by atoms with Crippen molar-refractivity contribution in [3.8, 4) is 11.5 Å². The molecule has 0 aliphatic carbocycles. The summed E-state index contributed by atoms with van der Waals surface area (Å²) in [6, 6.07) is 14.7. The minimum Gasteiger partial charge on any atom is -0.487 e. The fourth-order valence-corrected chi connectivity index (χ4v) is 2.88. The lowest BCUT2D eigenvalue weighted by Gasteiger charge is -2.28. The number of benzene rings is 2. The van der Waals surface area contributed by atoms with Crippen molar-refractivity contribution in [2.45, 2.75) is 38.3 Å². The van der Waals surface area contributed by atoms with Gasteiger partial charge >= 0.3 is 5.69 Å². The number of aliphatic hydroxyl groups is 1. The van der Waals surface area contributed by atoms with Crippen LogP contribution in [0.25, 0.3) is 0 Å². The minimum atomic E-state index is -0.785. The predicted octanol–water partition coefficient (Wildman–Crippen LogP) is 3.90. The summed E-state index contributed by atoms with van der Waals surface area (Å²) in [6.45, 7) is 8.15. The van der Waals surface area contributed by atoms with Crippen LogP contribution in [0.4, 0.5) is 5.69 Å². The van der Waals surface area contributed by atoms with E-state index >= 15 is 0 Å². The van der Waals surface area contributed by atoms with E-state index in [9.17, 15) is 15.2 Å². The van der Waals surface area contributed by atoms with Gasteiger partial charge in [0.15, 0.2) is 5.75 Å². The maximum atomic E-state index is 11.2. The topological polar surface area (TPSA) is 93.9 Å². The standard InChI is InChI=1S/C23H30N2O5/c1-4-15-29-22-20(25(27)28)11-8-12-21(22)30-17-19(26)16-24-23(2,3)14-13-18-9-6-5-7-10-18/h4-12,19,24,26H,1,13-17H2,2-3H3. The summed E-state index contributed by atoms with van der Waals surface area (Å²) < 4.78 is 11.0. The van der Waals surface area contributed by atoms with E-state index in [1.54, 1.807) is 6.07 Å². The molecule has 0 fully saturated rings. The number of nitro groups is 1. The molecule has 1 atom stereocenters. The summed E-state index contributed by atoms with van der Waals surface area (Å²) in [7, 11) is 0. The molecule has 0 amide bonds. The Bertz CT molecular complexity index is 824. The van der Waals surface area contributed by atoms with Gasteiger partial charge in [-0.05, 0) is 38.3 Å². The Kier molecular flexibility index (Phi) is 8.83. The van der Waals surface area contributed by atoms with Crippen LogP contribution in [0.1, 0.15) is 25.8 Å². The third-order valence-electron chi connectivity index (χ3n) is 4.63. The number of hydrogen-bond donors (Lipinski definition) is 2. The first-order valence-electron chi connectivity index (χ1n) is 9.93. The molecule has 2 aromatic rings. The fourth-order valence-electron chi connectivity index (χ4n) is 2.88. The third kappa shape index (κ3) is 7.50. The molecular formula is C23H30N2O5. The number of ether oxygens (including phenoxy) is 2. The van der Waals surface area contributed by atoms with Gasteiger partial charge in [0, 0.05) is 18.2 Å². The highest BCUT2D eigenvalue weighted by Gasteiger charge is 2.22. The lowest BCUT2D eigenvalue weighted by atomic mass is 9.95.